The molecule has 0 saturated heterocycles. The van der Waals surface area contributed by atoms with Gasteiger partial charge in [0.1, 0.15) is 0 Å². The Morgan fingerprint density at radius 2 is 1.31 bits per heavy atom. The minimum Gasteiger partial charge on any atom is -0.399 e. The molecule has 2 N–H and O–H groups in total. The minimum absolute atomic E-state index is 0.271. The Bertz CT molecular complexity index is 453. The van der Waals surface area contributed by atoms with Crippen LogP contribution in [0.4, 0.5) is 32.0 Å². The molecule has 0 bridgehead atoms. The highest BCUT2D eigenvalue weighted by Crippen LogP contribution is 2.63. The summed E-state index contributed by atoms with van der Waals surface area (Å²) in [5.41, 5.74) is 2.04. The van der Waals surface area contributed by atoms with Crippen LogP contribution in [0.5, 0.6) is 0 Å². The monoisotopic (exact) mass is 241 g/mol. The van der Waals surface area contributed by atoms with Gasteiger partial charge in [0, 0.05) is 16.8 Å². The molecule has 0 radical (unpaired) electrons. The number of hydrogen-bond acceptors (Lipinski definition) is 1. The van der Waals surface area contributed by atoms with Crippen LogP contribution in [0.1, 0.15) is 11.1 Å². The Kier molecular flexibility index (Phi) is 1.83. The van der Waals surface area contributed by atoms with Crippen molar-refractivity contribution in [3.63, 3.8) is 0 Å². The van der Waals surface area contributed by atoms with Crippen LogP contribution in [-0.2, 0) is 11.8 Å². The maximum atomic E-state index is 13.1. The van der Waals surface area contributed by atoms with Crippen molar-refractivity contribution >= 4 is 5.69 Å². The molecule has 7 heteroatoms. The molecule has 1 aliphatic carbocycles. The topological polar surface area (TPSA) is 26.0 Å². The molecule has 0 amide bonds. The summed E-state index contributed by atoms with van der Waals surface area (Å²) in [5.74, 6) is -15.2. The van der Waals surface area contributed by atoms with Crippen LogP contribution in [0, 0.1) is 0 Å². The number of nitrogen functional groups attached to an aromatic ring is 1. The molecule has 88 valence electrons. The van der Waals surface area contributed by atoms with E-state index < -0.39 is 28.9 Å². The van der Waals surface area contributed by atoms with Crippen LogP contribution < -0.4 is 5.73 Å². The number of alkyl halides is 6. The number of benzene rings is 1. The number of halogens is 6. The van der Waals surface area contributed by atoms with E-state index in [1.807, 2.05) is 0 Å². The molecule has 1 aromatic carbocycles. The van der Waals surface area contributed by atoms with Crippen LogP contribution in [0.15, 0.2) is 18.2 Å². The van der Waals surface area contributed by atoms with Gasteiger partial charge in [-0.2, -0.15) is 26.3 Å². The lowest BCUT2D eigenvalue weighted by atomic mass is 10.1. The highest BCUT2D eigenvalue weighted by Gasteiger charge is 2.79. The van der Waals surface area contributed by atoms with E-state index >= 15 is 0 Å². The largest absolute Gasteiger partial charge is 0.399 e. The van der Waals surface area contributed by atoms with Crippen molar-refractivity contribution in [3.8, 4) is 0 Å². The quantitative estimate of drug-likeness (QED) is 0.548. The zero-order chi connectivity index (χ0) is 12.4. The first-order valence-corrected chi connectivity index (χ1v) is 4.16. The Balaban J connectivity index is 2.79. The van der Waals surface area contributed by atoms with E-state index in [1.165, 1.54) is 0 Å². The fourth-order valence-electron chi connectivity index (χ4n) is 1.63. The van der Waals surface area contributed by atoms with E-state index in [1.54, 1.807) is 0 Å². The normalized spacial score (nSPS) is 24.1. The lowest BCUT2D eigenvalue weighted by Gasteiger charge is -2.23. The third kappa shape index (κ3) is 0.980. The molecule has 0 spiro atoms. The molecule has 0 saturated carbocycles. The summed E-state index contributed by atoms with van der Waals surface area (Å²) in [5, 5.41) is 0. The number of anilines is 1. The molecular formula is C9H5F6N. The molecule has 0 unspecified atom stereocenters. The number of fused-ring (bicyclic) bond motifs is 1. The molecule has 1 nitrogen and oxygen atoms in total. The van der Waals surface area contributed by atoms with E-state index in [2.05, 4.69) is 0 Å². The van der Waals surface area contributed by atoms with Crippen LogP contribution in [0.3, 0.4) is 0 Å². The van der Waals surface area contributed by atoms with Gasteiger partial charge in [0.25, 0.3) is 0 Å². The second kappa shape index (κ2) is 2.64. The smallest absolute Gasteiger partial charge is 0.380 e. The highest BCUT2D eigenvalue weighted by molar-refractivity contribution is 5.52. The summed E-state index contributed by atoms with van der Waals surface area (Å²) in [6.07, 6.45) is 0. The van der Waals surface area contributed by atoms with Gasteiger partial charge in [-0.25, -0.2) is 0 Å². The molecule has 0 aliphatic heterocycles. The van der Waals surface area contributed by atoms with Crippen LogP contribution in [0.2, 0.25) is 0 Å². The van der Waals surface area contributed by atoms with Gasteiger partial charge in [-0.05, 0) is 12.1 Å². The molecule has 16 heavy (non-hydrogen) atoms. The van der Waals surface area contributed by atoms with E-state index in [-0.39, 0.29) is 5.69 Å². The molecule has 1 aliphatic rings. The average molecular weight is 241 g/mol. The first-order valence-electron chi connectivity index (χ1n) is 4.16. The third-order valence-corrected chi connectivity index (χ3v) is 2.51. The standard InChI is InChI=1S/C9H5F6N/c10-7(11)5-2-1-4(16)3-6(5)8(12,13)9(7,14)15/h1-3H,16H2. The molecular weight excluding hydrogens is 236 g/mol. The van der Waals surface area contributed by atoms with Gasteiger partial charge in [0.05, 0.1) is 0 Å². The molecule has 2 rings (SSSR count). The van der Waals surface area contributed by atoms with Gasteiger partial charge < -0.3 is 5.73 Å². The maximum Gasteiger partial charge on any atom is 0.380 e. The zero-order valence-electron chi connectivity index (χ0n) is 7.58. The average Bonchev–Trinajstić information content (AvgIpc) is 2.24. The Morgan fingerprint density at radius 3 is 1.88 bits per heavy atom. The van der Waals surface area contributed by atoms with Gasteiger partial charge in [-0.1, -0.05) is 6.07 Å². The first kappa shape index (κ1) is 11.1. The minimum atomic E-state index is -5.43. The number of nitrogens with two attached hydrogens (primary N) is 1. The molecule has 1 aromatic rings. The van der Waals surface area contributed by atoms with Crippen LogP contribution in [0.25, 0.3) is 0 Å². The zero-order valence-corrected chi connectivity index (χ0v) is 7.58. The summed E-state index contributed by atoms with van der Waals surface area (Å²) in [4.78, 5) is 0. The van der Waals surface area contributed by atoms with Gasteiger partial charge >= 0.3 is 17.8 Å². The van der Waals surface area contributed by atoms with Crippen molar-refractivity contribution in [3.05, 3.63) is 29.3 Å². The first-order chi connectivity index (χ1) is 7.12. The molecule has 0 heterocycles. The van der Waals surface area contributed by atoms with E-state index in [0.717, 1.165) is 6.07 Å². The van der Waals surface area contributed by atoms with Crippen molar-refractivity contribution in [1.29, 1.82) is 0 Å². The Hall–Kier alpha value is -1.40. The number of rotatable bonds is 0. The summed E-state index contributed by atoms with van der Waals surface area (Å²) in [7, 11) is 0. The fourth-order valence-corrected chi connectivity index (χ4v) is 1.63. The van der Waals surface area contributed by atoms with Gasteiger partial charge in [-0.3, -0.25) is 0 Å². The van der Waals surface area contributed by atoms with Crippen LogP contribution >= 0.6 is 0 Å². The predicted molar refractivity (Wildman–Crippen MR) is 43.6 cm³/mol. The molecule has 0 fully saturated rings. The maximum absolute atomic E-state index is 13.1. The second-order valence-electron chi connectivity index (χ2n) is 3.53. The summed E-state index contributed by atoms with van der Waals surface area (Å²) < 4.78 is 78.1. The lowest BCUT2D eigenvalue weighted by molar-refractivity contribution is -0.302. The predicted octanol–water partition coefficient (Wildman–Crippen LogP) is 3.10. The molecule has 0 aromatic heterocycles. The van der Waals surface area contributed by atoms with E-state index in [9.17, 15) is 26.3 Å². The van der Waals surface area contributed by atoms with Gasteiger partial charge in [0.2, 0.25) is 0 Å². The van der Waals surface area contributed by atoms with Crippen molar-refractivity contribution in [2.45, 2.75) is 17.8 Å². The highest BCUT2D eigenvalue weighted by atomic mass is 19.3. The van der Waals surface area contributed by atoms with Crippen molar-refractivity contribution in [1.82, 2.24) is 0 Å². The summed E-state index contributed by atoms with van der Waals surface area (Å²) in [6.45, 7) is 0. The van der Waals surface area contributed by atoms with E-state index in [4.69, 9.17) is 5.73 Å². The van der Waals surface area contributed by atoms with Crippen molar-refractivity contribution < 1.29 is 26.3 Å². The Labute approximate surface area is 85.9 Å². The molecule has 0 atom stereocenters. The van der Waals surface area contributed by atoms with Gasteiger partial charge in [0.15, 0.2) is 0 Å². The fraction of sp³-hybridized carbons (Fsp3) is 0.333. The second-order valence-corrected chi connectivity index (χ2v) is 3.53. The summed E-state index contributed by atoms with van der Waals surface area (Å²) in [6, 6.07) is 1.83. The Morgan fingerprint density at radius 1 is 0.812 bits per heavy atom. The number of hydrogen-bond donors (Lipinski definition) is 1. The SMILES string of the molecule is Nc1ccc2c(c1)C(F)(F)C(F)(F)C2(F)F. The van der Waals surface area contributed by atoms with Crippen molar-refractivity contribution in [2.75, 3.05) is 5.73 Å². The third-order valence-electron chi connectivity index (χ3n) is 2.51. The van der Waals surface area contributed by atoms with Crippen LogP contribution in [-0.4, -0.2) is 5.92 Å². The summed E-state index contributed by atoms with van der Waals surface area (Å²) >= 11 is 0. The van der Waals surface area contributed by atoms with E-state index in [0.29, 0.717) is 12.1 Å². The lowest BCUT2D eigenvalue weighted by Crippen LogP contribution is -2.43. The van der Waals surface area contributed by atoms with Crippen molar-refractivity contribution in [2.24, 2.45) is 0 Å². The van der Waals surface area contributed by atoms with Gasteiger partial charge in [-0.15, -0.1) is 0 Å².